The molecule has 5 heteroatoms. The molecule has 0 bridgehead atoms. The van der Waals surface area contributed by atoms with Crippen LogP contribution in [-0.4, -0.2) is 18.6 Å². The molecule has 0 aromatic heterocycles. The molecular weight excluding hydrogens is 264 g/mol. The van der Waals surface area contributed by atoms with Crippen LogP contribution < -0.4 is 10.1 Å². The highest BCUT2D eigenvalue weighted by Gasteiger charge is 2.20. The number of piperidine rings is 1. The fourth-order valence-corrected chi connectivity index (χ4v) is 2.26. The standard InChI is InChI=1S/C14H15ClN2O2/c1-2-9-5-10(7-16)12(15)6-13(9)19-11-3-4-14(18)17-8-11/h5-6,11H,2-4,8H2,1H3,(H,17,18). The third-order valence-corrected chi connectivity index (χ3v) is 3.48. The predicted octanol–water partition coefficient (Wildman–Crippen LogP) is 2.43. The van der Waals surface area contributed by atoms with E-state index in [1.807, 2.05) is 6.92 Å². The van der Waals surface area contributed by atoms with Crippen molar-refractivity contribution in [2.24, 2.45) is 0 Å². The number of rotatable bonds is 3. The van der Waals surface area contributed by atoms with Crippen molar-refractivity contribution < 1.29 is 9.53 Å². The highest BCUT2D eigenvalue weighted by molar-refractivity contribution is 6.31. The molecule has 1 N–H and O–H groups in total. The number of nitrogens with zero attached hydrogens (tertiary/aromatic N) is 1. The van der Waals surface area contributed by atoms with Crippen LogP contribution in [0.2, 0.25) is 5.02 Å². The summed E-state index contributed by atoms with van der Waals surface area (Å²) in [6.07, 6.45) is 1.91. The molecule has 1 aliphatic rings. The van der Waals surface area contributed by atoms with E-state index < -0.39 is 0 Å². The number of carbonyl (C=O) groups excluding carboxylic acids is 1. The Hall–Kier alpha value is -1.73. The molecule has 1 fully saturated rings. The maximum Gasteiger partial charge on any atom is 0.220 e. The van der Waals surface area contributed by atoms with Gasteiger partial charge in [-0.05, 0) is 24.5 Å². The number of carbonyl (C=O) groups is 1. The molecule has 1 aliphatic heterocycles. The first-order valence-electron chi connectivity index (χ1n) is 6.30. The van der Waals surface area contributed by atoms with Crippen LogP contribution in [0.4, 0.5) is 0 Å². The van der Waals surface area contributed by atoms with Crippen LogP contribution in [0.25, 0.3) is 0 Å². The molecule has 2 rings (SSSR count). The van der Waals surface area contributed by atoms with Gasteiger partial charge >= 0.3 is 0 Å². The topological polar surface area (TPSA) is 62.1 Å². The van der Waals surface area contributed by atoms with Gasteiger partial charge in [-0.25, -0.2) is 0 Å². The summed E-state index contributed by atoms with van der Waals surface area (Å²) in [5, 5.41) is 12.1. The van der Waals surface area contributed by atoms with E-state index >= 15 is 0 Å². The molecule has 1 aromatic carbocycles. The Morgan fingerprint density at radius 1 is 1.58 bits per heavy atom. The molecule has 1 heterocycles. The van der Waals surface area contributed by atoms with Gasteiger partial charge in [0, 0.05) is 12.5 Å². The summed E-state index contributed by atoms with van der Waals surface area (Å²) in [6.45, 7) is 2.51. The van der Waals surface area contributed by atoms with Gasteiger partial charge in [-0.2, -0.15) is 5.26 Å². The van der Waals surface area contributed by atoms with Crippen LogP contribution in [0, 0.1) is 11.3 Å². The predicted molar refractivity (Wildman–Crippen MR) is 72.2 cm³/mol. The lowest BCUT2D eigenvalue weighted by Crippen LogP contribution is -2.40. The molecule has 1 atom stereocenters. The average Bonchev–Trinajstić information content (AvgIpc) is 2.42. The van der Waals surface area contributed by atoms with Gasteiger partial charge in [-0.15, -0.1) is 0 Å². The number of hydrogen-bond acceptors (Lipinski definition) is 3. The Bertz CT molecular complexity index is 527. The summed E-state index contributed by atoms with van der Waals surface area (Å²) < 4.78 is 5.90. The number of amides is 1. The lowest BCUT2D eigenvalue weighted by molar-refractivity contribution is -0.123. The quantitative estimate of drug-likeness (QED) is 0.924. The molecule has 0 saturated carbocycles. The van der Waals surface area contributed by atoms with Crippen LogP contribution in [-0.2, 0) is 11.2 Å². The Labute approximate surface area is 117 Å². The van der Waals surface area contributed by atoms with Crippen molar-refractivity contribution in [2.75, 3.05) is 6.54 Å². The highest BCUT2D eigenvalue weighted by atomic mass is 35.5. The first-order chi connectivity index (χ1) is 9.13. The fourth-order valence-electron chi connectivity index (χ4n) is 2.06. The zero-order valence-electron chi connectivity index (χ0n) is 10.7. The summed E-state index contributed by atoms with van der Waals surface area (Å²) in [4.78, 5) is 11.1. The van der Waals surface area contributed by atoms with E-state index in [-0.39, 0.29) is 12.0 Å². The fraction of sp³-hybridized carbons (Fsp3) is 0.429. The van der Waals surface area contributed by atoms with Gasteiger partial charge < -0.3 is 10.1 Å². The van der Waals surface area contributed by atoms with Crippen molar-refractivity contribution in [1.82, 2.24) is 5.32 Å². The molecule has 4 nitrogen and oxygen atoms in total. The van der Waals surface area contributed by atoms with E-state index in [1.54, 1.807) is 12.1 Å². The van der Waals surface area contributed by atoms with E-state index in [9.17, 15) is 4.79 Å². The number of nitriles is 1. The molecule has 0 aliphatic carbocycles. The maximum absolute atomic E-state index is 11.1. The van der Waals surface area contributed by atoms with Gasteiger partial charge in [0.1, 0.15) is 17.9 Å². The van der Waals surface area contributed by atoms with E-state index in [2.05, 4.69) is 11.4 Å². The average molecular weight is 279 g/mol. The van der Waals surface area contributed by atoms with Gasteiger partial charge in [0.15, 0.2) is 0 Å². The molecule has 1 aromatic rings. The smallest absolute Gasteiger partial charge is 0.220 e. The normalized spacial score (nSPS) is 18.6. The van der Waals surface area contributed by atoms with Gasteiger partial charge in [-0.1, -0.05) is 18.5 Å². The van der Waals surface area contributed by atoms with Crippen molar-refractivity contribution in [1.29, 1.82) is 5.26 Å². The summed E-state index contributed by atoms with van der Waals surface area (Å²) in [7, 11) is 0. The molecule has 1 unspecified atom stereocenters. The Morgan fingerprint density at radius 3 is 2.95 bits per heavy atom. The maximum atomic E-state index is 11.1. The first-order valence-corrected chi connectivity index (χ1v) is 6.67. The van der Waals surface area contributed by atoms with Gasteiger partial charge in [0.25, 0.3) is 0 Å². The van der Waals surface area contributed by atoms with E-state index in [0.717, 1.165) is 12.0 Å². The van der Waals surface area contributed by atoms with E-state index in [4.69, 9.17) is 21.6 Å². The lowest BCUT2D eigenvalue weighted by atomic mass is 10.1. The van der Waals surface area contributed by atoms with Gasteiger partial charge in [-0.3, -0.25) is 4.79 Å². The summed E-state index contributed by atoms with van der Waals surface area (Å²) >= 11 is 6.03. The molecule has 1 saturated heterocycles. The number of nitrogens with one attached hydrogen (secondary N) is 1. The molecule has 1 amide bonds. The summed E-state index contributed by atoms with van der Waals surface area (Å²) in [5.41, 5.74) is 1.42. The number of aryl methyl sites for hydroxylation is 1. The SMILES string of the molecule is CCc1cc(C#N)c(Cl)cc1OC1CCC(=O)NC1. The zero-order chi connectivity index (χ0) is 13.8. The van der Waals surface area contributed by atoms with Crippen LogP contribution in [0.5, 0.6) is 5.75 Å². The van der Waals surface area contributed by atoms with Crippen molar-refractivity contribution in [3.63, 3.8) is 0 Å². The molecule has 19 heavy (non-hydrogen) atoms. The van der Waals surface area contributed by atoms with Gasteiger partial charge in [0.2, 0.25) is 5.91 Å². The van der Waals surface area contributed by atoms with Crippen LogP contribution >= 0.6 is 11.6 Å². The summed E-state index contributed by atoms with van der Waals surface area (Å²) in [5.74, 6) is 0.765. The van der Waals surface area contributed by atoms with Crippen molar-refractivity contribution in [2.45, 2.75) is 32.3 Å². The molecule has 0 spiro atoms. The van der Waals surface area contributed by atoms with Crippen molar-refractivity contribution >= 4 is 17.5 Å². The number of hydrogen-bond donors (Lipinski definition) is 1. The molecular formula is C14H15ClN2O2. The molecule has 100 valence electrons. The minimum Gasteiger partial charge on any atom is -0.488 e. The van der Waals surface area contributed by atoms with Crippen molar-refractivity contribution in [3.8, 4) is 11.8 Å². The minimum atomic E-state index is -0.0352. The Balaban J connectivity index is 2.18. The Kier molecular flexibility index (Phi) is 4.28. The first kappa shape index (κ1) is 13.7. The second-order valence-electron chi connectivity index (χ2n) is 4.49. The van der Waals surface area contributed by atoms with Crippen molar-refractivity contribution in [3.05, 3.63) is 28.3 Å². The van der Waals surface area contributed by atoms with E-state index in [1.165, 1.54) is 0 Å². The van der Waals surface area contributed by atoms with Crippen LogP contribution in [0.3, 0.4) is 0 Å². The second kappa shape index (κ2) is 5.94. The number of halogens is 1. The monoisotopic (exact) mass is 278 g/mol. The number of ether oxygens (including phenoxy) is 1. The Morgan fingerprint density at radius 2 is 2.37 bits per heavy atom. The largest absolute Gasteiger partial charge is 0.488 e. The minimum absolute atomic E-state index is 0.0352. The van der Waals surface area contributed by atoms with E-state index in [0.29, 0.717) is 35.7 Å². The van der Waals surface area contributed by atoms with Gasteiger partial charge in [0.05, 0.1) is 17.1 Å². The third-order valence-electron chi connectivity index (χ3n) is 3.17. The van der Waals surface area contributed by atoms with Crippen LogP contribution in [0.15, 0.2) is 12.1 Å². The summed E-state index contributed by atoms with van der Waals surface area (Å²) in [6, 6.07) is 5.51. The third kappa shape index (κ3) is 3.18. The lowest BCUT2D eigenvalue weighted by Gasteiger charge is -2.25. The molecule has 0 radical (unpaired) electrons. The zero-order valence-corrected chi connectivity index (χ0v) is 11.5. The second-order valence-corrected chi connectivity index (χ2v) is 4.89. The number of benzene rings is 1. The highest BCUT2D eigenvalue weighted by Crippen LogP contribution is 2.29. The van der Waals surface area contributed by atoms with Crippen LogP contribution in [0.1, 0.15) is 30.9 Å².